The number of nitrogens with one attached hydrogen (secondary N) is 1. The van der Waals surface area contributed by atoms with Gasteiger partial charge < -0.3 is 19.7 Å². The van der Waals surface area contributed by atoms with Gasteiger partial charge in [0.1, 0.15) is 18.1 Å². The normalized spacial score (nSPS) is 18.2. The number of carbonyl (C=O) groups excluding carboxylic acids is 3. The lowest BCUT2D eigenvalue weighted by Crippen LogP contribution is -2.36. The fourth-order valence-electron chi connectivity index (χ4n) is 3.63. The van der Waals surface area contributed by atoms with Gasteiger partial charge in [0.25, 0.3) is 0 Å². The smallest absolute Gasteiger partial charge is 0.414 e. The summed E-state index contributed by atoms with van der Waals surface area (Å²) in [5, 5.41) is 12.2. The van der Waals surface area contributed by atoms with Crippen molar-refractivity contribution in [3.63, 3.8) is 0 Å². The molecule has 0 spiro atoms. The van der Waals surface area contributed by atoms with Gasteiger partial charge in [-0.3, -0.25) is 14.5 Å². The lowest BCUT2D eigenvalue weighted by molar-refractivity contribution is -0.146. The summed E-state index contributed by atoms with van der Waals surface area (Å²) in [5.74, 6) is -1.53. The number of anilines is 2. The van der Waals surface area contributed by atoms with E-state index >= 15 is 0 Å². The largest absolute Gasteiger partial charge is 0.460 e. The first kappa shape index (κ1) is 29.0. The number of amides is 2. The van der Waals surface area contributed by atoms with Crippen LogP contribution in [0.5, 0.6) is 0 Å². The van der Waals surface area contributed by atoms with Crippen LogP contribution < -0.4 is 10.2 Å². The van der Waals surface area contributed by atoms with Crippen molar-refractivity contribution in [2.24, 2.45) is 5.92 Å². The van der Waals surface area contributed by atoms with Crippen LogP contribution in [0, 0.1) is 17.2 Å². The zero-order valence-corrected chi connectivity index (χ0v) is 22.5. The summed E-state index contributed by atoms with van der Waals surface area (Å²) in [6.07, 6.45) is 1.80. The van der Waals surface area contributed by atoms with E-state index in [-0.39, 0.29) is 29.6 Å². The van der Waals surface area contributed by atoms with E-state index in [1.807, 2.05) is 58.0 Å². The molecular formula is C26H36N4O5S. The molecule has 1 aromatic carbocycles. The number of hydrogen-bond acceptors (Lipinski definition) is 8. The van der Waals surface area contributed by atoms with Gasteiger partial charge in [-0.25, -0.2) is 4.79 Å². The standard InChI is InChI=1S/C26H36N4O5S/c1-7-14-34-24(32)18(17-27)15-22-30(8-2)23(31)21(36-22)12-13-28-19-10-9-11-20(16-19)29(6)25(33)35-26(3,4)5/h7,9-11,16,18,21-22,28H,1,8,12-15H2,2-6H3. The second-order valence-corrected chi connectivity index (χ2v) is 10.7. The van der Waals surface area contributed by atoms with E-state index in [1.54, 1.807) is 11.9 Å². The highest BCUT2D eigenvalue weighted by Gasteiger charge is 2.41. The average molecular weight is 517 g/mol. The molecule has 1 heterocycles. The Labute approximate surface area is 217 Å². The van der Waals surface area contributed by atoms with Crippen molar-refractivity contribution in [3.8, 4) is 6.07 Å². The molecule has 0 saturated carbocycles. The Morgan fingerprint density at radius 2 is 2.11 bits per heavy atom. The molecule has 1 aromatic rings. The molecule has 36 heavy (non-hydrogen) atoms. The zero-order chi connectivity index (χ0) is 26.9. The van der Waals surface area contributed by atoms with Crippen molar-refractivity contribution in [2.45, 2.75) is 56.8 Å². The monoisotopic (exact) mass is 516 g/mol. The summed E-state index contributed by atoms with van der Waals surface area (Å²) in [4.78, 5) is 40.6. The van der Waals surface area contributed by atoms with Crippen molar-refractivity contribution in [1.82, 2.24) is 4.90 Å². The van der Waals surface area contributed by atoms with Crippen LogP contribution in [0.15, 0.2) is 36.9 Å². The van der Waals surface area contributed by atoms with Crippen molar-refractivity contribution in [2.75, 3.05) is 37.0 Å². The summed E-state index contributed by atoms with van der Waals surface area (Å²) in [6, 6.07) is 9.41. The minimum absolute atomic E-state index is 0.00357. The van der Waals surface area contributed by atoms with E-state index < -0.39 is 23.6 Å². The maximum absolute atomic E-state index is 12.9. The highest BCUT2D eigenvalue weighted by molar-refractivity contribution is 8.01. The van der Waals surface area contributed by atoms with Crippen LogP contribution >= 0.6 is 11.8 Å². The molecule has 1 N–H and O–H groups in total. The lowest BCUT2D eigenvalue weighted by Gasteiger charge is -2.25. The molecular weight excluding hydrogens is 480 g/mol. The van der Waals surface area contributed by atoms with Crippen LogP contribution in [0.4, 0.5) is 16.2 Å². The molecule has 1 aliphatic rings. The molecule has 0 bridgehead atoms. The maximum Gasteiger partial charge on any atom is 0.414 e. The summed E-state index contributed by atoms with van der Waals surface area (Å²) >= 11 is 1.48. The quantitative estimate of drug-likeness (QED) is 0.340. The highest BCUT2D eigenvalue weighted by atomic mass is 32.2. The van der Waals surface area contributed by atoms with Gasteiger partial charge in [0.05, 0.1) is 16.7 Å². The Morgan fingerprint density at radius 3 is 2.72 bits per heavy atom. The Balaban J connectivity index is 1.95. The molecule has 0 radical (unpaired) electrons. The molecule has 2 rings (SSSR count). The molecule has 0 aliphatic carbocycles. The van der Waals surface area contributed by atoms with Gasteiger partial charge in [0, 0.05) is 37.9 Å². The topological polar surface area (TPSA) is 112 Å². The van der Waals surface area contributed by atoms with Gasteiger partial charge in [0.2, 0.25) is 5.91 Å². The zero-order valence-electron chi connectivity index (χ0n) is 21.7. The van der Waals surface area contributed by atoms with Crippen LogP contribution in [0.2, 0.25) is 0 Å². The van der Waals surface area contributed by atoms with E-state index in [0.717, 1.165) is 5.69 Å². The first-order valence-corrected chi connectivity index (χ1v) is 12.9. The van der Waals surface area contributed by atoms with Crippen LogP contribution in [-0.4, -0.2) is 65.8 Å². The van der Waals surface area contributed by atoms with Gasteiger partial charge in [-0.15, -0.1) is 11.8 Å². The van der Waals surface area contributed by atoms with E-state index in [1.165, 1.54) is 22.7 Å². The predicted octanol–water partition coefficient (Wildman–Crippen LogP) is 4.41. The summed E-state index contributed by atoms with van der Waals surface area (Å²) in [7, 11) is 1.65. The number of benzene rings is 1. The molecule has 1 saturated heterocycles. The van der Waals surface area contributed by atoms with E-state index in [9.17, 15) is 19.6 Å². The number of hydrogen-bond donors (Lipinski definition) is 1. The first-order chi connectivity index (χ1) is 17.0. The van der Waals surface area contributed by atoms with Gasteiger partial charge in [-0.2, -0.15) is 5.26 Å². The number of esters is 1. The van der Waals surface area contributed by atoms with E-state index in [2.05, 4.69) is 11.9 Å². The average Bonchev–Trinajstić information content (AvgIpc) is 3.13. The van der Waals surface area contributed by atoms with Gasteiger partial charge in [0.15, 0.2) is 0 Å². The Morgan fingerprint density at radius 1 is 1.39 bits per heavy atom. The van der Waals surface area contributed by atoms with Crippen LogP contribution in [0.1, 0.15) is 40.5 Å². The molecule has 196 valence electrons. The van der Waals surface area contributed by atoms with Crippen molar-refractivity contribution >= 4 is 41.1 Å². The van der Waals surface area contributed by atoms with Crippen molar-refractivity contribution in [3.05, 3.63) is 36.9 Å². The molecule has 3 atom stereocenters. The summed E-state index contributed by atoms with van der Waals surface area (Å²) in [5.41, 5.74) is 0.913. The third kappa shape index (κ3) is 8.19. The fraction of sp³-hybridized carbons (Fsp3) is 0.538. The van der Waals surface area contributed by atoms with Gasteiger partial charge in [-0.05, 0) is 52.3 Å². The SMILES string of the molecule is C=CCOC(=O)C(C#N)CC1SC(CCNc2cccc(N(C)C(=O)OC(C)(C)C)c2)C(=O)N1CC. The summed E-state index contributed by atoms with van der Waals surface area (Å²) < 4.78 is 10.4. The second kappa shape index (κ2) is 13.2. The van der Waals surface area contributed by atoms with E-state index in [0.29, 0.717) is 25.2 Å². The molecule has 9 nitrogen and oxygen atoms in total. The Hall–Kier alpha value is -3.19. The van der Waals surface area contributed by atoms with Crippen LogP contribution in [0.3, 0.4) is 0 Å². The third-order valence-electron chi connectivity index (χ3n) is 5.43. The molecule has 1 aliphatic heterocycles. The first-order valence-electron chi connectivity index (χ1n) is 11.9. The van der Waals surface area contributed by atoms with Crippen molar-refractivity contribution in [1.29, 1.82) is 5.26 Å². The minimum atomic E-state index is -0.939. The van der Waals surface area contributed by atoms with E-state index in [4.69, 9.17) is 9.47 Å². The van der Waals surface area contributed by atoms with Gasteiger partial charge >= 0.3 is 12.1 Å². The number of ether oxygens (including phenoxy) is 2. The van der Waals surface area contributed by atoms with Crippen LogP contribution in [0.25, 0.3) is 0 Å². The predicted molar refractivity (Wildman–Crippen MR) is 142 cm³/mol. The number of nitrogens with zero attached hydrogens (tertiary/aromatic N) is 3. The highest BCUT2D eigenvalue weighted by Crippen LogP contribution is 2.37. The number of nitriles is 1. The van der Waals surface area contributed by atoms with Crippen molar-refractivity contribution < 1.29 is 23.9 Å². The Bertz CT molecular complexity index is 987. The Kier molecular flexibility index (Phi) is 10.7. The van der Waals surface area contributed by atoms with Gasteiger partial charge in [-0.1, -0.05) is 18.7 Å². The lowest BCUT2D eigenvalue weighted by atomic mass is 10.1. The number of rotatable bonds is 11. The third-order valence-corrected chi connectivity index (χ3v) is 6.95. The molecule has 2 amide bonds. The fourth-order valence-corrected chi connectivity index (χ4v) is 5.22. The number of carbonyl (C=O) groups is 3. The summed E-state index contributed by atoms with van der Waals surface area (Å²) in [6.45, 7) is 11.9. The molecule has 3 unspecified atom stereocenters. The molecule has 1 fully saturated rings. The number of thioether (sulfide) groups is 1. The second-order valence-electron chi connectivity index (χ2n) is 9.34. The molecule has 10 heteroatoms. The van der Waals surface area contributed by atoms with Crippen LogP contribution in [-0.2, 0) is 19.1 Å². The maximum atomic E-state index is 12.9. The molecule has 0 aromatic heterocycles. The minimum Gasteiger partial charge on any atom is -0.460 e.